The molecule has 0 bridgehead atoms. The van der Waals surface area contributed by atoms with E-state index in [9.17, 15) is 14.4 Å². The van der Waals surface area contributed by atoms with Crippen LogP contribution in [0.1, 0.15) is 15.9 Å². The molecule has 0 atom stereocenters. The number of carbonyl (C=O) groups excluding carboxylic acids is 3. The summed E-state index contributed by atoms with van der Waals surface area (Å²) in [6.45, 7) is 0. The van der Waals surface area contributed by atoms with Crippen molar-refractivity contribution in [2.75, 3.05) is 7.11 Å². The third-order valence-electron chi connectivity index (χ3n) is 4.39. The van der Waals surface area contributed by atoms with Crippen LogP contribution in [0.4, 0.5) is 0 Å². The number of amides is 1. The Hall–Kier alpha value is -3.78. The van der Waals surface area contributed by atoms with Gasteiger partial charge in [-0.3, -0.25) is 14.5 Å². The van der Waals surface area contributed by atoms with Crippen LogP contribution in [0.25, 0.3) is 6.08 Å². The number of para-hydroxylation sites is 1. The fourth-order valence-corrected chi connectivity index (χ4v) is 3.15. The van der Waals surface area contributed by atoms with Gasteiger partial charge in [0, 0.05) is 6.20 Å². The first-order valence-electron chi connectivity index (χ1n) is 8.56. The molecular formula is C21H14N2O5S. The van der Waals surface area contributed by atoms with Gasteiger partial charge in [-0.15, -0.1) is 0 Å². The molecule has 1 amide bonds. The zero-order valence-corrected chi connectivity index (χ0v) is 16.0. The lowest BCUT2D eigenvalue weighted by Gasteiger charge is -2.18. The molecule has 29 heavy (non-hydrogen) atoms. The van der Waals surface area contributed by atoms with Crippen molar-refractivity contribution in [3.05, 3.63) is 77.1 Å². The summed E-state index contributed by atoms with van der Waals surface area (Å²) >= 11 is 5.20. The minimum Gasteiger partial charge on any atom is -0.497 e. The average Bonchev–Trinajstić information content (AvgIpc) is 2.98. The van der Waals surface area contributed by atoms with Crippen molar-refractivity contribution in [2.45, 2.75) is 0 Å². The first-order valence-corrected chi connectivity index (χ1v) is 8.97. The number of carbonyl (C=O) groups is 3. The standard InChI is InChI=1S/C21H14N2O5S/c1-27-13-8-6-12(7-9-13)10-16-19(25)23(21(29)22-16)11-15-18(24)14-4-2-3-5-17(14)28-20(15)26/h2-11H,1H3,(H,22,29)/b15-11+,16-10+. The van der Waals surface area contributed by atoms with E-state index in [0.29, 0.717) is 5.75 Å². The van der Waals surface area contributed by atoms with Crippen LogP contribution in [-0.2, 0) is 9.59 Å². The van der Waals surface area contributed by atoms with E-state index in [2.05, 4.69) is 5.32 Å². The summed E-state index contributed by atoms with van der Waals surface area (Å²) in [5, 5.41) is 2.86. The van der Waals surface area contributed by atoms with E-state index in [1.54, 1.807) is 55.7 Å². The van der Waals surface area contributed by atoms with E-state index in [1.807, 2.05) is 0 Å². The molecule has 2 aliphatic heterocycles. The van der Waals surface area contributed by atoms with Gasteiger partial charge in [0.25, 0.3) is 5.91 Å². The Morgan fingerprint density at radius 3 is 2.52 bits per heavy atom. The predicted molar refractivity (Wildman–Crippen MR) is 108 cm³/mol. The van der Waals surface area contributed by atoms with Gasteiger partial charge in [0.1, 0.15) is 22.8 Å². The lowest BCUT2D eigenvalue weighted by atomic mass is 10.0. The van der Waals surface area contributed by atoms with Crippen LogP contribution < -0.4 is 14.8 Å². The maximum Gasteiger partial charge on any atom is 0.349 e. The van der Waals surface area contributed by atoms with E-state index < -0.39 is 17.7 Å². The molecular weight excluding hydrogens is 392 g/mol. The zero-order chi connectivity index (χ0) is 20.5. The molecule has 1 fully saturated rings. The van der Waals surface area contributed by atoms with Crippen molar-refractivity contribution in [1.29, 1.82) is 0 Å². The lowest BCUT2D eigenvalue weighted by Crippen LogP contribution is -2.31. The van der Waals surface area contributed by atoms with Crippen LogP contribution >= 0.6 is 12.2 Å². The number of ether oxygens (including phenoxy) is 2. The number of esters is 1. The third-order valence-corrected chi connectivity index (χ3v) is 4.69. The molecule has 4 rings (SSSR count). The van der Waals surface area contributed by atoms with E-state index in [0.717, 1.165) is 16.7 Å². The minimum absolute atomic E-state index is 0.0571. The highest BCUT2D eigenvalue weighted by atomic mass is 32.1. The second-order valence-electron chi connectivity index (χ2n) is 6.19. The van der Waals surface area contributed by atoms with Gasteiger partial charge in [0.05, 0.1) is 12.7 Å². The predicted octanol–water partition coefficient (Wildman–Crippen LogP) is 2.44. The summed E-state index contributed by atoms with van der Waals surface area (Å²) in [6, 6.07) is 13.5. The number of nitrogens with zero attached hydrogens (tertiary/aromatic N) is 1. The van der Waals surface area contributed by atoms with Crippen LogP contribution in [-0.4, -0.2) is 34.8 Å². The molecule has 0 spiro atoms. The van der Waals surface area contributed by atoms with Gasteiger partial charge in [0.15, 0.2) is 5.11 Å². The Balaban J connectivity index is 1.63. The van der Waals surface area contributed by atoms with Crippen molar-refractivity contribution >= 4 is 41.1 Å². The number of Topliss-reactive ketones (excluding diaryl/α,β-unsaturated/α-hetero) is 1. The van der Waals surface area contributed by atoms with E-state index in [1.165, 1.54) is 6.07 Å². The summed E-state index contributed by atoms with van der Waals surface area (Å²) in [6.07, 6.45) is 2.73. The summed E-state index contributed by atoms with van der Waals surface area (Å²) in [5.74, 6) is -0.975. The van der Waals surface area contributed by atoms with Gasteiger partial charge >= 0.3 is 5.97 Å². The summed E-state index contributed by atoms with van der Waals surface area (Å²) < 4.78 is 10.3. The number of fused-ring (bicyclic) bond motifs is 1. The number of methoxy groups -OCH3 is 1. The molecule has 2 aromatic rings. The van der Waals surface area contributed by atoms with E-state index in [4.69, 9.17) is 21.7 Å². The Kier molecular flexibility index (Phi) is 4.69. The molecule has 2 aromatic carbocycles. The van der Waals surface area contributed by atoms with Gasteiger partial charge in [-0.25, -0.2) is 4.79 Å². The number of ketones is 1. The molecule has 8 heteroatoms. The highest BCUT2D eigenvalue weighted by Crippen LogP contribution is 2.28. The number of hydrogen-bond acceptors (Lipinski definition) is 6. The summed E-state index contributed by atoms with van der Waals surface area (Å²) in [4.78, 5) is 38.7. The van der Waals surface area contributed by atoms with E-state index >= 15 is 0 Å². The number of benzene rings is 2. The molecule has 144 valence electrons. The summed E-state index contributed by atoms with van der Waals surface area (Å²) in [5.41, 5.74) is 0.944. The molecule has 2 heterocycles. The van der Waals surface area contributed by atoms with Gasteiger partial charge in [-0.05, 0) is 48.1 Å². The Morgan fingerprint density at radius 2 is 1.79 bits per heavy atom. The molecule has 0 unspecified atom stereocenters. The van der Waals surface area contributed by atoms with Crippen LogP contribution in [0.5, 0.6) is 11.5 Å². The highest BCUT2D eigenvalue weighted by molar-refractivity contribution is 7.80. The summed E-state index contributed by atoms with van der Waals surface area (Å²) in [7, 11) is 1.56. The quantitative estimate of drug-likeness (QED) is 0.276. The van der Waals surface area contributed by atoms with Crippen molar-refractivity contribution in [2.24, 2.45) is 0 Å². The second kappa shape index (κ2) is 7.33. The lowest BCUT2D eigenvalue weighted by molar-refractivity contribution is -0.130. The molecule has 0 aromatic heterocycles. The van der Waals surface area contributed by atoms with Crippen LogP contribution in [0.2, 0.25) is 0 Å². The van der Waals surface area contributed by atoms with Gasteiger partial charge in [-0.1, -0.05) is 24.3 Å². The van der Waals surface area contributed by atoms with E-state index in [-0.39, 0.29) is 27.7 Å². The van der Waals surface area contributed by atoms with Crippen molar-refractivity contribution in [1.82, 2.24) is 10.2 Å². The average molecular weight is 406 g/mol. The number of thiocarbonyl (C=S) groups is 1. The fraction of sp³-hybridized carbons (Fsp3) is 0.0476. The number of nitrogens with one attached hydrogen (secondary N) is 1. The fourth-order valence-electron chi connectivity index (χ4n) is 2.91. The highest BCUT2D eigenvalue weighted by Gasteiger charge is 2.35. The van der Waals surface area contributed by atoms with Crippen molar-refractivity contribution < 1.29 is 23.9 Å². The largest absolute Gasteiger partial charge is 0.497 e. The van der Waals surface area contributed by atoms with Gasteiger partial charge in [-0.2, -0.15) is 0 Å². The molecule has 2 aliphatic rings. The zero-order valence-electron chi connectivity index (χ0n) is 15.2. The number of hydrogen-bond donors (Lipinski definition) is 1. The second-order valence-corrected chi connectivity index (χ2v) is 6.58. The molecule has 0 saturated carbocycles. The molecule has 0 aliphatic carbocycles. The van der Waals surface area contributed by atoms with Crippen LogP contribution in [0.15, 0.2) is 66.0 Å². The van der Waals surface area contributed by atoms with Gasteiger partial charge in [0.2, 0.25) is 5.78 Å². The first kappa shape index (κ1) is 18.6. The maximum absolute atomic E-state index is 12.8. The molecule has 1 N–H and O–H groups in total. The third kappa shape index (κ3) is 3.41. The van der Waals surface area contributed by atoms with Crippen LogP contribution in [0.3, 0.4) is 0 Å². The molecule has 1 saturated heterocycles. The number of rotatable bonds is 3. The van der Waals surface area contributed by atoms with Gasteiger partial charge < -0.3 is 14.8 Å². The molecule has 7 nitrogen and oxygen atoms in total. The topological polar surface area (TPSA) is 84.9 Å². The van der Waals surface area contributed by atoms with Crippen LogP contribution in [0, 0.1) is 0 Å². The smallest absolute Gasteiger partial charge is 0.349 e. The normalized spacial score (nSPS) is 18.7. The van der Waals surface area contributed by atoms with Crippen molar-refractivity contribution in [3.63, 3.8) is 0 Å². The van der Waals surface area contributed by atoms with Crippen molar-refractivity contribution in [3.8, 4) is 11.5 Å². The minimum atomic E-state index is -0.836. The first-order chi connectivity index (χ1) is 14.0. The Labute approximate surface area is 171 Å². The SMILES string of the molecule is COc1ccc(/C=C2/NC(=S)N(/C=C3/C(=O)Oc4ccccc4C3=O)C2=O)cc1. The Morgan fingerprint density at radius 1 is 1.07 bits per heavy atom. The monoisotopic (exact) mass is 406 g/mol. The maximum atomic E-state index is 12.8. The Bertz CT molecular complexity index is 1120. The molecule has 0 radical (unpaired) electrons.